The largest absolute Gasteiger partial charge is 0.481 e. The molecule has 1 saturated carbocycles. The second-order valence-corrected chi connectivity index (χ2v) is 9.93. The van der Waals surface area contributed by atoms with Crippen LogP contribution >= 0.6 is 0 Å². The zero-order valence-corrected chi connectivity index (χ0v) is 16.6. The highest BCUT2D eigenvalue weighted by Crippen LogP contribution is 2.64. The number of carbonyl (C=O) groups is 2. The van der Waals surface area contributed by atoms with Crippen LogP contribution in [0.1, 0.15) is 61.3 Å². The molecule has 0 aromatic carbocycles. The van der Waals surface area contributed by atoms with Gasteiger partial charge in [0.25, 0.3) is 0 Å². The quantitative estimate of drug-likeness (QED) is 0.743. The molecule has 2 rings (SSSR count). The van der Waals surface area contributed by atoms with Gasteiger partial charge in [-0.3, -0.25) is 4.79 Å². The molecule has 0 aromatic rings. The number of rotatable bonds is 4. The standard InChI is InChI=1S/C20H33NO4/c1-12-8-13-10-20(14(13)9-12,15(16(22)23)18(2,3)4)11-21-17(24)25-19(5,6)7/h9,13-15H,8,10-11H2,1-7H3,(H,21,24)(H,22,23)/t13-,14+,15?,20+/m1/s1. The highest BCUT2D eigenvalue weighted by atomic mass is 16.6. The molecule has 142 valence electrons. The summed E-state index contributed by atoms with van der Waals surface area (Å²) in [6.45, 7) is 13.8. The maximum atomic E-state index is 12.2. The van der Waals surface area contributed by atoms with Gasteiger partial charge in [0.15, 0.2) is 0 Å². The number of hydrogen-bond acceptors (Lipinski definition) is 3. The number of alkyl carbamates (subject to hydrolysis) is 1. The number of amides is 1. The summed E-state index contributed by atoms with van der Waals surface area (Å²) in [7, 11) is 0. The fourth-order valence-corrected chi connectivity index (χ4v) is 4.98. The number of aliphatic carboxylic acids is 1. The number of hydrogen-bond donors (Lipinski definition) is 2. The molecule has 2 N–H and O–H groups in total. The SMILES string of the molecule is CC1=C[C@H]2[C@H](C1)C[C@@]2(CNC(=O)OC(C)(C)C)C(C(=O)O)C(C)(C)C. The van der Waals surface area contributed by atoms with Crippen molar-refractivity contribution in [2.75, 3.05) is 6.54 Å². The molecule has 2 aliphatic rings. The summed E-state index contributed by atoms with van der Waals surface area (Å²) in [5.74, 6) is -0.597. The number of carboxylic acid groups (broad SMARTS) is 1. The lowest BCUT2D eigenvalue weighted by Gasteiger charge is -2.58. The van der Waals surface area contributed by atoms with Gasteiger partial charge in [-0.2, -0.15) is 0 Å². The maximum absolute atomic E-state index is 12.2. The van der Waals surface area contributed by atoms with Gasteiger partial charge >= 0.3 is 12.1 Å². The lowest BCUT2D eigenvalue weighted by atomic mass is 9.46. The van der Waals surface area contributed by atoms with Crippen LogP contribution in [0.5, 0.6) is 0 Å². The van der Waals surface area contributed by atoms with Gasteiger partial charge in [-0.1, -0.05) is 32.4 Å². The summed E-state index contributed by atoms with van der Waals surface area (Å²) in [6.07, 6.45) is 3.62. The Morgan fingerprint density at radius 1 is 1.32 bits per heavy atom. The van der Waals surface area contributed by atoms with Crippen LogP contribution in [-0.4, -0.2) is 29.3 Å². The van der Waals surface area contributed by atoms with E-state index in [0.29, 0.717) is 12.5 Å². The van der Waals surface area contributed by atoms with E-state index in [2.05, 4.69) is 18.3 Å². The average molecular weight is 351 g/mol. The van der Waals surface area contributed by atoms with Crippen molar-refractivity contribution in [3.05, 3.63) is 11.6 Å². The Bertz CT molecular complexity index is 581. The summed E-state index contributed by atoms with van der Waals surface area (Å²) < 4.78 is 5.35. The van der Waals surface area contributed by atoms with E-state index in [4.69, 9.17) is 4.74 Å². The first-order valence-corrected chi connectivity index (χ1v) is 9.13. The first-order valence-electron chi connectivity index (χ1n) is 9.13. The van der Waals surface area contributed by atoms with E-state index in [0.717, 1.165) is 12.8 Å². The van der Waals surface area contributed by atoms with E-state index in [1.54, 1.807) is 0 Å². The number of allylic oxidation sites excluding steroid dienone is 2. The molecular formula is C20H33NO4. The molecule has 0 aromatic heterocycles. The predicted octanol–water partition coefficient (Wildman–Crippen LogP) is 4.23. The number of nitrogens with one attached hydrogen (secondary N) is 1. The Balaban J connectivity index is 2.26. The molecule has 1 unspecified atom stereocenters. The van der Waals surface area contributed by atoms with Crippen LogP contribution in [0.4, 0.5) is 4.79 Å². The second kappa shape index (κ2) is 6.33. The minimum absolute atomic E-state index is 0.211. The smallest absolute Gasteiger partial charge is 0.407 e. The van der Waals surface area contributed by atoms with Crippen molar-refractivity contribution < 1.29 is 19.4 Å². The van der Waals surface area contributed by atoms with Gasteiger partial charge in [0.2, 0.25) is 0 Å². The van der Waals surface area contributed by atoms with E-state index in [-0.39, 0.29) is 5.92 Å². The molecule has 0 bridgehead atoms. The fourth-order valence-electron chi connectivity index (χ4n) is 4.98. The van der Waals surface area contributed by atoms with Crippen LogP contribution in [0.3, 0.4) is 0 Å². The molecule has 1 amide bonds. The van der Waals surface area contributed by atoms with E-state index in [9.17, 15) is 14.7 Å². The van der Waals surface area contributed by atoms with Crippen molar-refractivity contribution in [1.29, 1.82) is 0 Å². The Morgan fingerprint density at radius 2 is 1.92 bits per heavy atom. The van der Waals surface area contributed by atoms with Crippen LogP contribution in [0.25, 0.3) is 0 Å². The minimum atomic E-state index is -0.783. The molecule has 5 heteroatoms. The van der Waals surface area contributed by atoms with Gasteiger partial charge < -0.3 is 15.2 Å². The van der Waals surface area contributed by atoms with Crippen LogP contribution in [0.2, 0.25) is 0 Å². The molecule has 0 radical (unpaired) electrons. The number of fused-ring (bicyclic) bond motifs is 1. The Morgan fingerprint density at radius 3 is 2.36 bits per heavy atom. The fraction of sp³-hybridized carbons (Fsp3) is 0.800. The van der Waals surface area contributed by atoms with Gasteiger partial charge in [-0.05, 0) is 57.8 Å². The van der Waals surface area contributed by atoms with Crippen molar-refractivity contribution in [2.24, 2.45) is 28.6 Å². The zero-order chi connectivity index (χ0) is 19.2. The van der Waals surface area contributed by atoms with E-state index in [1.807, 2.05) is 41.5 Å². The van der Waals surface area contributed by atoms with Crippen molar-refractivity contribution in [2.45, 2.75) is 66.9 Å². The van der Waals surface area contributed by atoms with Gasteiger partial charge in [0.1, 0.15) is 5.60 Å². The zero-order valence-electron chi connectivity index (χ0n) is 16.6. The molecule has 0 aliphatic heterocycles. The Labute approximate surface area is 151 Å². The predicted molar refractivity (Wildman–Crippen MR) is 97.2 cm³/mol. The minimum Gasteiger partial charge on any atom is -0.481 e. The lowest BCUT2D eigenvalue weighted by Crippen LogP contribution is -2.61. The van der Waals surface area contributed by atoms with E-state index >= 15 is 0 Å². The summed E-state index contributed by atoms with van der Waals surface area (Å²) >= 11 is 0. The first kappa shape index (κ1) is 19.8. The summed E-state index contributed by atoms with van der Waals surface area (Å²) in [5.41, 5.74) is -0.0909. The summed E-state index contributed by atoms with van der Waals surface area (Å²) in [5, 5.41) is 12.8. The molecule has 0 heterocycles. The van der Waals surface area contributed by atoms with E-state index < -0.39 is 34.4 Å². The Hall–Kier alpha value is -1.52. The second-order valence-electron chi connectivity index (χ2n) is 9.93. The molecule has 0 saturated heterocycles. The molecule has 1 fully saturated rings. The molecule has 5 nitrogen and oxygen atoms in total. The van der Waals surface area contributed by atoms with E-state index in [1.165, 1.54) is 5.57 Å². The Kier molecular flexibility index (Phi) is 5.01. The summed E-state index contributed by atoms with van der Waals surface area (Å²) in [6, 6.07) is 0. The topological polar surface area (TPSA) is 75.6 Å². The third kappa shape index (κ3) is 4.01. The molecule has 2 aliphatic carbocycles. The van der Waals surface area contributed by atoms with Gasteiger partial charge in [0, 0.05) is 12.0 Å². The van der Waals surface area contributed by atoms with Crippen LogP contribution in [-0.2, 0) is 9.53 Å². The monoisotopic (exact) mass is 351 g/mol. The van der Waals surface area contributed by atoms with Crippen molar-refractivity contribution in [1.82, 2.24) is 5.32 Å². The summed E-state index contributed by atoms with van der Waals surface area (Å²) in [4.78, 5) is 24.3. The molecule has 25 heavy (non-hydrogen) atoms. The molecule has 4 atom stereocenters. The maximum Gasteiger partial charge on any atom is 0.407 e. The number of carbonyl (C=O) groups excluding carboxylic acids is 1. The van der Waals surface area contributed by atoms with Gasteiger partial charge in [-0.25, -0.2) is 4.79 Å². The average Bonchev–Trinajstić information content (AvgIpc) is 2.67. The van der Waals surface area contributed by atoms with Crippen molar-refractivity contribution in [3.63, 3.8) is 0 Å². The van der Waals surface area contributed by atoms with Crippen LogP contribution < -0.4 is 5.32 Å². The lowest BCUT2D eigenvalue weighted by molar-refractivity contribution is -0.167. The first-order chi connectivity index (χ1) is 11.3. The number of carboxylic acids is 1. The van der Waals surface area contributed by atoms with Crippen LogP contribution in [0, 0.1) is 28.6 Å². The van der Waals surface area contributed by atoms with Crippen LogP contribution in [0.15, 0.2) is 11.6 Å². The highest BCUT2D eigenvalue weighted by molar-refractivity contribution is 5.73. The third-order valence-corrected chi connectivity index (χ3v) is 5.51. The third-order valence-electron chi connectivity index (χ3n) is 5.51. The van der Waals surface area contributed by atoms with Gasteiger partial charge in [0.05, 0.1) is 5.92 Å². The van der Waals surface area contributed by atoms with Crippen molar-refractivity contribution >= 4 is 12.1 Å². The molecule has 0 spiro atoms. The normalized spacial score (nSPS) is 30.0. The number of ether oxygens (including phenoxy) is 1. The molecular weight excluding hydrogens is 318 g/mol. The van der Waals surface area contributed by atoms with Gasteiger partial charge in [-0.15, -0.1) is 0 Å². The van der Waals surface area contributed by atoms with Crippen molar-refractivity contribution in [3.8, 4) is 0 Å². The highest BCUT2D eigenvalue weighted by Gasteiger charge is 2.62.